The molecule has 22 heavy (non-hydrogen) atoms. The molecular weight excluding hydrogens is 308 g/mol. The van der Waals surface area contributed by atoms with Gasteiger partial charge >= 0.3 is 5.97 Å². The van der Waals surface area contributed by atoms with Crippen LogP contribution in [0, 0.1) is 17.8 Å². The van der Waals surface area contributed by atoms with Crippen LogP contribution >= 0.6 is 11.6 Å². The van der Waals surface area contributed by atoms with Gasteiger partial charge in [0.2, 0.25) is 5.75 Å². The summed E-state index contributed by atoms with van der Waals surface area (Å²) in [4.78, 5) is 11.0. The third-order valence-corrected chi connectivity index (χ3v) is 4.54. The molecule has 0 aliphatic heterocycles. The average Bonchev–Trinajstić information content (AvgIpc) is 3.27. The van der Waals surface area contributed by atoms with Crippen LogP contribution in [0.25, 0.3) is 0 Å². The van der Waals surface area contributed by atoms with Crippen LogP contribution in [0.1, 0.15) is 18.9 Å². The number of ether oxygens (including phenoxy) is 3. The van der Waals surface area contributed by atoms with E-state index in [2.05, 4.69) is 6.92 Å². The fourth-order valence-electron chi connectivity index (χ4n) is 3.02. The van der Waals surface area contributed by atoms with E-state index < -0.39 is 5.97 Å². The first kappa shape index (κ1) is 16.7. The van der Waals surface area contributed by atoms with Crippen molar-refractivity contribution in [3.05, 3.63) is 16.7 Å². The zero-order chi connectivity index (χ0) is 16.4. The third-order valence-electron chi connectivity index (χ3n) is 4.26. The minimum atomic E-state index is -0.714. The Morgan fingerprint density at radius 2 is 1.86 bits per heavy atom. The minimum Gasteiger partial charge on any atom is -0.492 e. The van der Waals surface area contributed by atoms with E-state index in [0.717, 1.165) is 12.0 Å². The van der Waals surface area contributed by atoms with Crippen LogP contribution in [0.5, 0.6) is 17.2 Å². The summed E-state index contributed by atoms with van der Waals surface area (Å²) in [6.07, 6.45) is 1.41. The van der Waals surface area contributed by atoms with Gasteiger partial charge in [0.05, 0.1) is 32.3 Å². The summed E-state index contributed by atoms with van der Waals surface area (Å²) in [5.41, 5.74) is 0.897. The predicted molar refractivity (Wildman–Crippen MR) is 83.2 cm³/mol. The number of carboxylic acids is 1. The monoisotopic (exact) mass is 328 g/mol. The van der Waals surface area contributed by atoms with Gasteiger partial charge in [0.1, 0.15) is 0 Å². The predicted octanol–water partition coefficient (Wildman–Crippen LogP) is 3.27. The standard InChI is InChI=1S/C16H21ClO5/c1-8(10-7-11(10)16(18)19)5-9-6-12(17)14(21-3)15(22-4)13(9)20-2/h6,8,10-11H,5,7H2,1-4H3,(H,18,19). The molecule has 1 N–H and O–H groups in total. The van der Waals surface area contributed by atoms with Crippen molar-refractivity contribution in [2.75, 3.05) is 21.3 Å². The topological polar surface area (TPSA) is 65.0 Å². The van der Waals surface area contributed by atoms with E-state index in [-0.39, 0.29) is 17.8 Å². The maximum atomic E-state index is 11.0. The SMILES string of the molecule is COc1c(Cl)cc(CC(C)C2CC2C(=O)O)c(OC)c1OC. The highest BCUT2D eigenvalue weighted by Crippen LogP contribution is 2.49. The Morgan fingerprint density at radius 3 is 2.32 bits per heavy atom. The van der Waals surface area contributed by atoms with Crippen molar-refractivity contribution in [3.63, 3.8) is 0 Å². The molecule has 5 nitrogen and oxygen atoms in total. The van der Waals surface area contributed by atoms with Gasteiger partial charge in [-0.3, -0.25) is 4.79 Å². The van der Waals surface area contributed by atoms with Crippen LogP contribution in [-0.2, 0) is 11.2 Å². The molecule has 1 aromatic carbocycles. The Morgan fingerprint density at radius 1 is 1.27 bits per heavy atom. The van der Waals surface area contributed by atoms with Crippen LogP contribution in [0.4, 0.5) is 0 Å². The van der Waals surface area contributed by atoms with Crippen molar-refractivity contribution < 1.29 is 24.1 Å². The number of hydrogen-bond donors (Lipinski definition) is 1. The minimum absolute atomic E-state index is 0.203. The third kappa shape index (κ3) is 3.09. The molecule has 1 saturated carbocycles. The maximum absolute atomic E-state index is 11.0. The van der Waals surface area contributed by atoms with Gasteiger partial charge in [0.15, 0.2) is 11.5 Å². The average molecular weight is 329 g/mol. The Kier molecular flexibility index (Phi) is 5.06. The first-order valence-electron chi connectivity index (χ1n) is 7.14. The Bertz CT molecular complexity index is 572. The second-order valence-corrected chi connectivity index (χ2v) is 6.05. The maximum Gasteiger partial charge on any atom is 0.306 e. The molecule has 0 heterocycles. The molecule has 0 saturated heterocycles. The molecule has 0 aromatic heterocycles. The molecule has 1 fully saturated rings. The molecule has 1 aliphatic rings. The molecule has 3 atom stereocenters. The van der Waals surface area contributed by atoms with E-state index in [9.17, 15) is 4.79 Å². The molecule has 6 heteroatoms. The fourth-order valence-corrected chi connectivity index (χ4v) is 3.31. The number of carbonyl (C=O) groups is 1. The van der Waals surface area contributed by atoms with Gasteiger partial charge in [-0.25, -0.2) is 0 Å². The lowest BCUT2D eigenvalue weighted by atomic mass is 9.94. The number of carboxylic acid groups (broad SMARTS) is 1. The Balaban J connectivity index is 2.27. The van der Waals surface area contributed by atoms with Crippen molar-refractivity contribution in [3.8, 4) is 17.2 Å². The number of halogens is 1. The molecule has 0 amide bonds. The lowest BCUT2D eigenvalue weighted by Gasteiger charge is -2.19. The van der Waals surface area contributed by atoms with Gasteiger partial charge in [0, 0.05) is 5.56 Å². The van der Waals surface area contributed by atoms with Crippen molar-refractivity contribution >= 4 is 17.6 Å². The van der Waals surface area contributed by atoms with E-state index in [1.807, 2.05) is 0 Å². The molecule has 0 spiro atoms. The second-order valence-electron chi connectivity index (χ2n) is 5.64. The first-order chi connectivity index (χ1) is 10.4. The highest BCUT2D eigenvalue weighted by atomic mass is 35.5. The van der Waals surface area contributed by atoms with Crippen LogP contribution in [0.2, 0.25) is 5.02 Å². The molecule has 1 aliphatic carbocycles. The summed E-state index contributed by atoms with van der Waals surface area (Å²) in [6.45, 7) is 2.05. The highest BCUT2D eigenvalue weighted by molar-refractivity contribution is 6.32. The summed E-state index contributed by atoms with van der Waals surface area (Å²) in [6, 6.07) is 1.80. The number of hydrogen-bond acceptors (Lipinski definition) is 4. The van der Waals surface area contributed by atoms with Gasteiger partial charge in [0.25, 0.3) is 0 Å². The summed E-state index contributed by atoms with van der Waals surface area (Å²) >= 11 is 6.25. The van der Waals surface area contributed by atoms with Crippen LogP contribution in [0.15, 0.2) is 6.07 Å². The fraction of sp³-hybridized carbons (Fsp3) is 0.562. The van der Waals surface area contributed by atoms with Gasteiger partial charge in [-0.15, -0.1) is 0 Å². The molecule has 0 radical (unpaired) electrons. The van der Waals surface area contributed by atoms with Gasteiger partial charge in [-0.2, -0.15) is 0 Å². The molecule has 0 bridgehead atoms. The molecule has 1 aromatic rings. The van der Waals surface area contributed by atoms with Gasteiger partial charge in [-0.1, -0.05) is 18.5 Å². The van der Waals surface area contributed by atoms with Crippen LogP contribution < -0.4 is 14.2 Å². The van der Waals surface area contributed by atoms with Crippen molar-refractivity contribution in [1.82, 2.24) is 0 Å². The van der Waals surface area contributed by atoms with Gasteiger partial charge < -0.3 is 19.3 Å². The highest BCUT2D eigenvalue weighted by Gasteiger charge is 2.46. The van der Waals surface area contributed by atoms with Crippen molar-refractivity contribution in [2.24, 2.45) is 17.8 Å². The second kappa shape index (κ2) is 6.65. The lowest BCUT2D eigenvalue weighted by Crippen LogP contribution is -2.09. The van der Waals surface area contributed by atoms with Crippen molar-refractivity contribution in [1.29, 1.82) is 0 Å². The van der Waals surface area contributed by atoms with E-state index in [1.165, 1.54) is 14.2 Å². The summed E-state index contributed by atoms with van der Waals surface area (Å²) in [7, 11) is 4.62. The zero-order valence-electron chi connectivity index (χ0n) is 13.2. The number of rotatable bonds is 7. The number of benzene rings is 1. The summed E-state index contributed by atoms with van der Waals surface area (Å²) in [5, 5.41) is 9.50. The van der Waals surface area contributed by atoms with Crippen LogP contribution in [0.3, 0.4) is 0 Å². The van der Waals surface area contributed by atoms with E-state index in [1.54, 1.807) is 13.2 Å². The first-order valence-corrected chi connectivity index (χ1v) is 7.52. The largest absolute Gasteiger partial charge is 0.492 e. The molecular formula is C16H21ClO5. The van der Waals surface area contributed by atoms with E-state index >= 15 is 0 Å². The number of aliphatic carboxylic acids is 1. The van der Waals surface area contributed by atoms with E-state index in [4.69, 9.17) is 30.9 Å². The van der Waals surface area contributed by atoms with Crippen molar-refractivity contribution in [2.45, 2.75) is 19.8 Å². The van der Waals surface area contributed by atoms with E-state index in [0.29, 0.717) is 28.7 Å². The normalized spacial score (nSPS) is 21.1. The smallest absolute Gasteiger partial charge is 0.306 e. The molecule has 122 valence electrons. The summed E-state index contributed by atoms with van der Waals surface area (Å²) < 4.78 is 16.1. The Hall–Kier alpha value is -1.62. The quantitative estimate of drug-likeness (QED) is 0.832. The number of methoxy groups -OCH3 is 3. The summed E-state index contributed by atoms with van der Waals surface area (Å²) in [5.74, 6) is 0.977. The molecule has 3 unspecified atom stereocenters. The Labute approximate surface area is 135 Å². The lowest BCUT2D eigenvalue weighted by molar-refractivity contribution is -0.139. The van der Waals surface area contributed by atoms with Crippen LogP contribution in [-0.4, -0.2) is 32.4 Å². The molecule has 2 rings (SSSR count). The zero-order valence-corrected chi connectivity index (χ0v) is 13.9. The van der Waals surface area contributed by atoms with Gasteiger partial charge in [-0.05, 0) is 30.7 Å².